The van der Waals surface area contributed by atoms with Crippen LogP contribution in [-0.2, 0) is 21.9 Å². The number of carboxylic acids is 1. The molecule has 3 aromatic rings. The number of nitrogens with zero attached hydrogens (tertiary/aromatic N) is 1. The standard InChI is InChI=1S/C20H19N3O5S/c24-18-16(21-14-8-4-5-9-15(14)22-18)11-29-12-17(19(25)26)23-20(27)28-10-13-6-2-1-3-7-13/h1-9,17H,10-12H2,(H,22,24)(H,23,27)(H,25,26). The molecule has 1 aromatic heterocycles. The maximum Gasteiger partial charge on any atom is 0.408 e. The summed E-state index contributed by atoms with van der Waals surface area (Å²) in [6.45, 7) is 0.0442. The van der Waals surface area contributed by atoms with Crippen LogP contribution in [0.4, 0.5) is 4.79 Å². The number of aromatic amines is 1. The van der Waals surface area contributed by atoms with E-state index in [9.17, 15) is 19.5 Å². The summed E-state index contributed by atoms with van der Waals surface area (Å²) >= 11 is 1.19. The summed E-state index contributed by atoms with van der Waals surface area (Å²) < 4.78 is 5.05. The number of amides is 1. The zero-order chi connectivity index (χ0) is 20.6. The van der Waals surface area contributed by atoms with Crippen LogP contribution in [0.15, 0.2) is 59.4 Å². The van der Waals surface area contributed by atoms with E-state index in [-0.39, 0.29) is 23.7 Å². The van der Waals surface area contributed by atoms with E-state index in [2.05, 4.69) is 15.3 Å². The largest absolute Gasteiger partial charge is 0.480 e. The number of carboxylic acid groups (broad SMARTS) is 1. The molecule has 0 radical (unpaired) electrons. The number of aromatic nitrogens is 2. The molecule has 0 aliphatic heterocycles. The molecule has 3 N–H and O–H groups in total. The minimum atomic E-state index is -1.19. The summed E-state index contributed by atoms with van der Waals surface area (Å²) in [7, 11) is 0. The number of carbonyl (C=O) groups is 2. The predicted octanol–water partition coefficient (Wildman–Crippen LogP) is 2.54. The van der Waals surface area contributed by atoms with Gasteiger partial charge in [0.25, 0.3) is 5.56 Å². The van der Waals surface area contributed by atoms with Crippen molar-refractivity contribution in [2.45, 2.75) is 18.4 Å². The molecule has 0 aliphatic rings. The van der Waals surface area contributed by atoms with Crippen molar-refractivity contribution in [3.63, 3.8) is 0 Å². The molecule has 150 valence electrons. The van der Waals surface area contributed by atoms with Crippen molar-refractivity contribution >= 4 is 34.9 Å². The Morgan fingerprint density at radius 2 is 1.86 bits per heavy atom. The normalized spacial score (nSPS) is 11.7. The number of aliphatic carboxylic acids is 1. The van der Waals surface area contributed by atoms with Crippen molar-refractivity contribution < 1.29 is 19.4 Å². The van der Waals surface area contributed by atoms with Gasteiger partial charge in [0.2, 0.25) is 0 Å². The number of carbonyl (C=O) groups excluding carboxylic acids is 1. The zero-order valence-corrected chi connectivity index (χ0v) is 16.1. The first-order chi connectivity index (χ1) is 14.0. The van der Waals surface area contributed by atoms with Crippen molar-refractivity contribution in [2.24, 2.45) is 0 Å². The van der Waals surface area contributed by atoms with Crippen LogP contribution in [0.5, 0.6) is 0 Å². The number of benzene rings is 2. The summed E-state index contributed by atoms with van der Waals surface area (Å²) in [5, 5.41) is 11.7. The van der Waals surface area contributed by atoms with Crippen LogP contribution in [0.1, 0.15) is 11.3 Å². The number of hydrogen-bond acceptors (Lipinski definition) is 6. The Balaban J connectivity index is 1.53. The van der Waals surface area contributed by atoms with Gasteiger partial charge in [-0.1, -0.05) is 42.5 Å². The zero-order valence-electron chi connectivity index (χ0n) is 15.3. The van der Waals surface area contributed by atoms with Crippen LogP contribution in [-0.4, -0.2) is 38.9 Å². The van der Waals surface area contributed by atoms with Gasteiger partial charge >= 0.3 is 12.1 Å². The van der Waals surface area contributed by atoms with Gasteiger partial charge in [-0.15, -0.1) is 0 Å². The second kappa shape index (κ2) is 9.74. The molecule has 1 atom stereocenters. The SMILES string of the molecule is O=C(NC(CSCc1nc2ccccc2[nH]c1=O)C(=O)O)OCc1ccccc1. The lowest BCUT2D eigenvalue weighted by molar-refractivity contribution is -0.138. The highest BCUT2D eigenvalue weighted by Crippen LogP contribution is 2.12. The van der Waals surface area contributed by atoms with Gasteiger partial charge in [0.15, 0.2) is 0 Å². The van der Waals surface area contributed by atoms with Crippen molar-refractivity contribution in [3.8, 4) is 0 Å². The van der Waals surface area contributed by atoms with Crippen molar-refractivity contribution in [3.05, 3.63) is 76.2 Å². The van der Waals surface area contributed by atoms with E-state index in [1.807, 2.05) is 24.3 Å². The first kappa shape index (κ1) is 20.4. The molecular formula is C20H19N3O5S. The molecule has 29 heavy (non-hydrogen) atoms. The van der Waals surface area contributed by atoms with Crippen LogP contribution in [0.25, 0.3) is 11.0 Å². The molecule has 1 amide bonds. The van der Waals surface area contributed by atoms with Gasteiger partial charge in [0, 0.05) is 11.5 Å². The Morgan fingerprint density at radius 3 is 2.62 bits per heavy atom. The lowest BCUT2D eigenvalue weighted by Gasteiger charge is -2.14. The molecule has 1 heterocycles. The van der Waals surface area contributed by atoms with Gasteiger partial charge < -0.3 is 20.1 Å². The van der Waals surface area contributed by atoms with Gasteiger partial charge in [-0.2, -0.15) is 11.8 Å². The minimum absolute atomic E-state index is 0.0442. The Morgan fingerprint density at radius 1 is 1.14 bits per heavy atom. The van der Waals surface area contributed by atoms with Gasteiger partial charge in [-0.05, 0) is 17.7 Å². The predicted molar refractivity (Wildman–Crippen MR) is 110 cm³/mol. The second-order valence-electron chi connectivity index (χ2n) is 6.14. The number of ether oxygens (including phenoxy) is 1. The van der Waals surface area contributed by atoms with Crippen LogP contribution in [0, 0.1) is 0 Å². The van der Waals surface area contributed by atoms with E-state index >= 15 is 0 Å². The molecule has 8 nitrogen and oxygen atoms in total. The summed E-state index contributed by atoms with van der Waals surface area (Å²) in [5.74, 6) is -0.913. The number of rotatable bonds is 8. The van der Waals surface area contributed by atoms with Gasteiger partial charge in [-0.25, -0.2) is 14.6 Å². The quantitative estimate of drug-likeness (QED) is 0.519. The Hall–Kier alpha value is -3.33. The lowest BCUT2D eigenvalue weighted by atomic mass is 10.2. The summed E-state index contributed by atoms with van der Waals surface area (Å²) in [6.07, 6.45) is -0.816. The molecule has 2 aromatic carbocycles. The molecular weight excluding hydrogens is 394 g/mol. The Labute approximate surface area is 170 Å². The maximum atomic E-state index is 12.1. The minimum Gasteiger partial charge on any atom is -0.480 e. The monoisotopic (exact) mass is 413 g/mol. The molecule has 1 unspecified atom stereocenters. The molecule has 0 aliphatic carbocycles. The van der Waals surface area contributed by atoms with E-state index in [1.54, 1.807) is 30.3 Å². The average Bonchev–Trinajstić information content (AvgIpc) is 2.72. The number of para-hydroxylation sites is 2. The molecule has 0 bridgehead atoms. The van der Waals surface area contributed by atoms with Crippen LogP contribution < -0.4 is 10.9 Å². The highest BCUT2D eigenvalue weighted by molar-refractivity contribution is 7.98. The van der Waals surface area contributed by atoms with Crippen molar-refractivity contribution in [1.82, 2.24) is 15.3 Å². The summed E-state index contributed by atoms with van der Waals surface area (Å²) in [5.41, 5.74) is 2.06. The third-order valence-corrected chi connectivity index (χ3v) is 5.04. The van der Waals surface area contributed by atoms with Gasteiger partial charge in [-0.3, -0.25) is 4.79 Å². The molecule has 3 rings (SSSR count). The molecule has 0 saturated carbocycles. The fraction of sp³-hybridized carbons (Fsp3) is 0.200. The third kappa shape index (κ3) is 5.82. The number of thioether (sulfide) groups is 1. The fourth-order valence-corrected chi connectivity index (χ4v) is 3.49. The van der Waals surface area contributed by atoms with Crippen LogP contribution in [0.2, 0.25) is 0 Å². The number of fused-ring (bicyclic) bond motifs is 1. The first-order valence-corrected chi connectivity index (χ1v) is 9.94. The first-order valence-electron chi connectivity index (χ1n) is 8.78. The molecule has 0 fully saturated rings. The topological polar surface area (TPSA) is 121 Å². The van der Waals surface area contributed by atoms with Gasteiger partial charge in [0.05, 0.1) is 11.0 Å². The number of alkyl carbamates (subject to hydrolysis) is 1. The Bertz CT molecular complexity index is 1050. The fourth-order valence-electron chi connectivity index (χ4n) is 2.52. The summed E-state index contributed by atoms with van der Waals surface area (Å²) in [4.78, 5) is 42.5. The lowest BCUT2D eigenvalue weighted by Crippen LogP contribution is -2.42. The van der Waals surface area contributed by atoms with Crippen molar-refractivity contribution in [1.29, 1.82) is 0 Å². The number of hydrogen-bond donors (Lipinski definition) is 3. The van der Waals surface area contributed by atoms with E-state index in [0.29, 0.717) is 16.7 Å². The maximum absolute atomic E-state index is 12.1. The number of nitrogens with one attached hydrogen (secondary N) is 2. The van der Waals surface area contributed by atoms with E-state index in [0.717, 1.165) is 5.56 Å². The highest BCUT2D eigenvalue weighted by atomic mass is 32.2. The molecule has 0 spiro atoms. The van der Waals surface area contributed by atoms with Crippen LogP contribution >= 0.6 is 11.8 Å². The molecule has 0 saturated heterocycles. The van der Waals surface area contributed by atoms with Crippen molar-refractivity contribution in [2.75, 3.05) is 5.75 Å². The van der Waals surface area contributed by atoms with Crippen LogP contribution in [0.3, 0.4) is 0 Å². The smallest absolute Gasteiger partial charge is 0.408 e. The van der Waals surface area contributed by atoms with Gasteiger partial charge in [0.1, 0.15) is 18.3 Å². The average molecular weight is 413 g/mol. The highest BCUT2D eigenvalue weighted by Gasteiger charge is 2.21. The molecule has 9 heteroatoms. The number of H-pyrrole nitrogens is 1. The summed E-state index contributed by atoms with van der Waals surface area (Å²) in [6, 6.07) is 15.1. The second-order valence-corrected chi connectivity index (χ2v) is 7.17. The van der Waals surface area contributed by atoms with E-state index in [4.69, 9.17) is 4.74 Å². The third-order valence-electron chi connectivity index (χ3n) is 4.00. The van der Waals surface area contributed by atoms with E-state index < -0.39 is 18.1 Å². The van der Waals surface area contributed by atoms with E-state index in [1.165, 1.54) is 11.8 Å². The Kier molecular flexibility index (Phi) is 6.85.